The predicted molar refractivity (Wildman–Crippen MR) is 127 cm³/mol. The molecule has 1 aromatic rings. The van der Waals surface area contributed by atoms with Crippen LogP contribution in [-0.4, -0.2) is 74.0 Å². The van der Waals surface area contributed by atoms with Crippen LogP contribution in [0.25, 0.3) is 0 Å². The minimum atomic E-state index is -0.152. The molecule has 1 unspecified atom stereocenters. The van der Waals surface area contributed by atoms with Crippen molar-refractivity contribution in [3.05, 3.63) is 35.1 Å². The van der Waals surface area contributed by atoms with Crippen molar-refractivity contribution < 1.29 is 4.39 Å². The van der Waals surface area contributed by atoms with Crippen LogP contribution in [0, 0.1) is 5.82 Å². The fourth-order valence-corrected chi connectivity index (χ4v) is 3.74. The molecule has 0 aliphatic carbocycles. The van der Waals surface area contributed by atoms with E-state index in [-0.39, 0.29) is 29.8 Å². The molecule has 0 bridgehead atoms. The molecule has 1 aromatic carbocycles. The first-order valence-corrected chi connectivity index (χ1v) is 10.1. The number of hydrogen-bond acceptors (Lipinski definition) is 3. The van der Waals surface area contributed by atoms with Gasteiger partial charge in [-0.2, -0.15) is 0 Å². The molecule has 1 fully saturated rings. The van der Waals surface area contributed by atoms with Crippen LogP contribution in [-0.2, 0) is 13.1 Å². The molecule has 2 rings (SSSR count). The topological polar surface area (TPSA) is 34.1 Å². The largest absolute Gasteiger partial charge is 0.357 e. The number of hydrogen-bond donors (Lipinski definition) is 1. The van der Waals surface area contributed by atoms with Gasteiger partial charge in [-0.15, -0.1) is 24.0 Å². The normalized spacial score (nSPS) is 17.7. The summed E-state index contributed by atoms with van der Waals surface area (Å²) in [6, 6.07) is 5.91. The van der Waals surface area contributed by atoms with Crippen LogP contribution in [0.3, 0.4) is 0 Å². The maximum Gasteiger partial charge on any atom is 0.194 e. The summed E-state index contributed by atoms with van der Waals surface area (Å²) in [4.78, 5) is 11.6. The molecule has 28 heavy (non-hydrogen) atoms. The summed E-state index contributed by atoms with van der Waals surface area (Å²) in [5.74, 6) is 0.764. The third-order valence-corrected chi connectivity index (χ3v) is 5.09. The van der Waals surface area contributed by atoms with Gasteiger partial charge in [0.2, 0.25) is 0 Å². The molecule has 0 saturated carbocycles. The van der Waals surface area contributed by atoms with Gasteiger partial charge in [0.1, 0.15) is 5.82 Å². The predicted octanol–water partition coefficient (Wildman–Crippen LogP) is 3.39. The average molecular weight is 505 g/mol. The molecule has 1 N–H and O–H groups in total. The number of guanidine groups is 1. The first kappa shape index (κ1) is 25.1. The number of likely N-dealkylation sites (tertiary alicyclic amines) is 1. The van der Waals surface area contributed by atoms with E-state index in [1.165, 1.54) is 19.4 Å². The SMILES string of the molecule is CCNC(=NCc1ccc(F)c(CN(C)C)c1)N(C)CC1CCCN1CC.I. The van der Waals surface area contributed by atoms with Crippen LogP contribution in [0.5, 0.6) is 0 Å². The summed E-state index contributed by atoms with van der Waals surface area (Å²) < 4.78 is 14.0. The van der Waals surface area contributed by atoms with Gasteiger partial charge in [-0.25, -0.2) is 9.38 Å². The summed E-state index contributed by atoms with van der Waals surface area (Å²) >= 11 is 0. The summed E-state index contributed by atoms with van der Waals surface area (Å²) in [7, 11) is 6.01. The van der Waals surface area contributed by atoms with E-state index in [1.807, 2.05) is 31.1 Å². The smallest absolute Gasteiger partial charge is 0.194 e. The number of nitrogens with one attached hydrogen (secondary N) is 1. The third-order valence-electron chi connectivity index (χ3n) is 5.09. The number of halogens is 2. The highest BCUT2D eigenvalue weighted by atomic mass is 127. The van der Waals surface area contributed by atoms with Crippen molar-refractivity contribution in [1.82, 2.24) is 20.0 Å². The number of aliphatic imine (C=N–C) groups is 1. The third kappa shape index (κ3) is 7.48. The van der Waals surface area contributed by atoms with Gasteiger partial charge in [0, 0.05) is 38.3 Å². The maximum absolute atomic E-state index is 14.0. The van der Waals surface area contributed by atoms with Gasteiger partial charge in [0.25, 0.3) is 0 Å². The van der Waals surface area contributed by atoms with Gasteiger partial charge >= 0.3 is 0 Å². The summed E-state index contributed by atoms with van der Waals surface area (Å²) in [6.07, 6.45) is 2.54. The van der Waals surface area contributed by atoms with E-state index in [9.17, 15) is 4.39 Å². The Bertz CT molecular complexity index is 623. The summed E-state index contributed by atoms with van der Waals surface area (Å²) in [5.41, 5.74) is 1.75. The van der Waals surface area contributed by atoms with E-state index < -0.39 is 0 Å². The number of benzene rings is 1. The van der Waals surface area contributed by atoms with Crippen molar-refractivity contribution in [3.8, 4) is 0 Å². The van der Waals surface area contributed by atoms with Gasteiger partial charge in [-0.3, -0.25) is 4.90 Å². The zero-order valence-corrected chi connectivity index (χ0v) is 20.4. The lowest BCUT2D eigenvalue weighted by molar-refractivity contribution is 0.232. The Labute approximate surface area is 187 Å². The number of likely N-dealkylation sites (N-methyl/N-ethyl adjacent to an activating group) is 2. The molecule has 160 valence electrons. The Morgan fingerprint density at radius 3 is 2.68 bits per heavy atom. The standard InChI is InChI=1S/C21H36FN5.HI/c1-6-23-21(26(5)16-19-9-8-12-27(19)7-2)24-14-17-10-11-20(22)18(13-17)15-25(3)4;/h10-11,13,19H,6-9,12,14-16H2,1-5H3,(H,23,24);1H. The van der Waals surface area contributed by atoms with Crippen molar-refractivity contribution in [2.24, 2.45) is 4.99 Å². The van der Waals surface area contributed by atoms with E-state index >= 15 is 0 Å². The molecule has 1 heterocycles. The fourth-order valence-electron chi connectivity index (χ4n) is 3.74. The summed E-state index contributed by atoms with van der Waals surface area (Å²) in [5, 5.41) is 3.39. The molecule has 5 nitrogen and oxygen atoms in total. The number of nitrogens with zero attached hydrogens (tertiary/aromatic N) is 4. The Morgan fingerprint density at radius 1 is 1.29 bits per heavy atom. The molecular formula is C21H37FIN5. The molecule has 7 heteroatoms. The minimum absolute atomic E-state index is 0. The lowest BCUT2D eigenvalue weighted by atomic mass is 10.1. The fraction of sp³-hybridized carbons (Fsp3) is 0.667. The second kappa shape index (κ2) is 12.6. The molecule has 1 saturated heterocycles. The van der Waals surface area contributed by atoms with Gasteiger partial charge in [0.05, 0.1) is 6.54 Å². The first-order chi connectivity index (χ1) is 12.9. The van der Waals surface area contributed by atoms with E-state index in [4.69, 9.17) is 4.99 Å². The minimum Gasteiger partial charge on any atom is -0.357 e. The quantitative estimate of drug-likeness (QED) is 0.334. The van der Waals surface area contributed by atoms with E-state index in [1.54, 1.807) is 6.07 Å². The van der Waals surface area contributed by atoms with Crippen LogP contribution in [0.15, 0.2) is 23.2 Å². The average Bonchev–Trinajstić information content (AvgIpc) is 3.07. The van der Waals surface area contributed by atoms with Crippen molar-refractivity contribution >= 4 is 29.9 Å². The van der Waals surface area contributed by atoms with Crippen molar-refractivity contribution in [2.45, 2.75) is 45.8 Å². The van der Waals surface area contributed by atoms with Gasteiger partial charge in [0.15, 0.2) is 5.96 Å². The highest BCUT2D eigenvalue weighted by Crippen LogP contribution is 2.17. The van der Waals surface area contributed by atoms with E-state index in [2.05, 4.69) is 36.0 Å². The van der Waals surface area contributed by atoms with E-state index in [0.717, 1.165) is 36.7 Å². The van der Waals surface area contributed by atoms with Crippen LogP contribution >= 0.6 is 24.0 Å². The number of rotatable bonds is 8. The Kier molecular flexibility index (Phi) is 11.3. The molecule has 1 aliphatic rings. The Morgan fingerprint density at radius 2 is 2.04 bits per heavy atom. The lowest BCUT2D eigenvalue weighted by Gasteiger charge is -2.29. The monoisotopic (exact) mass is 505 g/mol. The zero-order chi connectivity index (χ0) is 19.8. The molecule has 0 amide bonds. The highest BCUT2D eigenvalue weighted by Gasteiger charge is 2.24. The molecular weight excluding hydrogens is 468 g/mol. The molecule has 1 atom stereocenters. The Hall–Kier alpha value is -0.930. The highest BCUT2D eigenvalue weighted by molar-refractivity contribution is 14.0. The van der Waals surface area contributed by atoms with Gasteiger partial charge < -0.3 is 15.1 Å². The van der Waals surface area contributed by atoms with Gasteiger partial charge in [-0.1, -0.05) is 13.0 Å². The van der Waals surface area contributed by atoms with Crippen LogP contribution in [0.1, 0.15) is 37.8 Å². The van der Waals surface area contributed by atoms with E-state index in [0.29, 0.717) is 19.1 Å². The zero-order valence-electron chi connectivity index (χ0n) is 18.0. The molecule has 1 aliphatic heterocycles. The molecule has 0 radical (unpaired) electrons. The Balaban J connectivity index is 0.00000392. The summed E-state index contributed by atoms with van der Waals surface area (Å²) in [6.45, 7) is 9.59. The second-order valence-electron chi connectivity index (χ2n) is 7.64. The van der Waals surface area contributed by atoms with Crippen molar-refractivity contribution in [3.63, 3.8) is 0 Å². The molecule has 0 spiro atoms. The molecule has 0 aromatic heterocycles. The van der Waals surface area contributed by atoms with Crippen molar-refractivity contribution in [1.29, 1.82) is 0 Å². The second-order valence-corrected chi connectivity index (χ2v) is 7.64. The maximum atomic E-state index is 14.0. The lowest BCUT2D eigenvalue weighted by Crippen LogP contribution is -2.45. The first-order valence-electron chi connectivity index (χ1n) is 10.1. The van der Waals surface area contributed by atoms with Crippen molar-refractivity contribution in [2.75, 3.05) is 47.3 Å². The van der Waals surface area contributed by atoms with Gasteiger partial charge in [-0.05, 0) is 64.6 Å². The van der Waals surface area contributed by atoms with Crippen LogP contribution < -0.4 is 5.32 Å². The van der Waals surface area contributed by atoms with Crippen LogP contribution in [0.2, 0.25) is 0 Å². The van der Waals surface area contributed by atoms with Crippen LogP contribution in [0.4, 0.5) is 4.39 Å².